The molecule has 10 nitrogen and oxygen atoms in total. The van der Waals surface area contributed by atoms with Gasteiger partial charge in [-0.25, -0.2) is 9.67 Å². The molecule has 5 aromatic rings. The van der Waals surface area contributed by atoms with Crippen LogP contribution < -0.4 is 15.6 Å². The van der Waals surface area contributed by atoms with Gasteiger partial charge in [-0.1, -0.05) is 35.9 Å². The summed E-state index contributed by atoms with van der Waals surface area (Å²) in [4.78, 5) is 30.7. The Morgan fingerprint density at radius 3 is 2.51 bits per heavy atom. The van der Waals surface area contributed by atoms with Crippen LogP contribution in [0.5, 0.6) is 5.75 Å². The molecule has 0 atom stereocenters. The predicted octanol–water partition coefficient (Wildman–Crippen LogP) is 5.29. The number of anilines is 1. The quantitative estimate of drug-likeness (QED) is 0.296. The number of nitrogens with one attached hydrogen (secondary N) is 1. The van der Waals surface area contributed by atoms with Gasteiger partial charge in [0.2, 0.25) is 0 Å². The minimum atomic E-state index is -0.551. The Labute approximate surface area is 228 Å². The Kier molecular flexibility index (Phi) is 7.03. The van der Waals surface area contributed by atoms with Gasteiger partial charge in [-0.2, -0.15) is 0 Å². The van der Waals surface area contributed by atoms with E-state index in [2.05, 4.69) is 20.5 Å². The van der Waals surface area contributed by atoms with Crippen LogP contribution in [-0.2, 0) is 7.05 Å². The van der Waals surface area contributed by atoms with Crippen LogP contribution in [0.4, 0.5) is 5.69 Å². The summed E-state index contributed by atoms with van der Waals surface area (Å²) in [5.41, 5.74) is 2.00. The highest BCUT2D eigenvalue weighted by Gasteiger charge is 2.21. The maximum Gasteiger partial charge on any atom is 0.295 e. The number of carbonyl (C=O) groups is 1. The summed E-state index contributed by atoms with van der Waals surface area (Å²) in [6, 6.07) is 19.1. The molecule has 0 saturated heterocycles. The molecule has 39 heavy (non-hydrogen) atoms. The molecule has 2 aromatic carbocycles. The van der Waals surface area contributed by atoms with E-state index in [9.17, 15) is 9.59 Å². The van der Waals surface area contributed by atoms with E-state index >= 15 is 0 Å². The summed E-state index contributed by atoms with van der Waals surface area (Å²) < 4.78 is 14.9. The molecule has 0 unspecified atom stereocenters. The fourth-order valence-electron chi connectivity index (χ4n) is 4.03. The van der Waals surface area contributed by atoms with Crippen LogP contribution in [0.15, 0.2) is 75.9 Å². The maximum atomic E-state index is 13.2. The molecular formula is C28H25ClN6O4. The van der Waals surface area contributed by atoms with Gasteiger partial charge in [-0.15, -0.1) is 10.2 Å². The maximum absolute atomic E-state index is 13.2. The molecule has 198 valence electrons. The van der Waals surface area contributed by atoms with Crippen molar-refractivity contribution >= 4 is 23.2 Å². The number of ether oxygens (including phenoxy) is 1. The number of carbonyl (C=O) groups excluding carboxylic acids is 1. The average Bonchev–Trinajstić information content (AvgIpc) is 3.50. The largest absolute Gasteiger partial charge is 0.490 e. The number of hydrogen-bond donors (Lipinski definition) is 1. The number of halogens is 1. The van der Waals surface area contributed by atoms with E-state index in [0.717, 1.165) is 0 Å². The van der Waals surface area contributed by atoms with E-state index in [0.29, 0.717) is 33.4 Å². The molecule has 11 heteroatoms. The first-order valence-electron chi connectivity index (χ1n) is 12.2. The molecular weight excluding hydrogens is 520 g/mol. The lowest BCUT2D eigenvalue weighted by atomic mass is 10.2. The molecule has 0 spiro atoms. The molecule has 0 radical (unpaired) electrons. The topological polar surface area (TPSA) is 117 Å². The zero-order chi connectivity index (χ0) is 27.7. The summed E-state index contributed by atoms with van der Waals surface area (Å²) in [6.07, 6.45) is -0.0748. The van der Waals surface area contributed by atoms with Crippen LogP contribution in [-0.4, -0.2) is 36.6 Å². The van der Waals surface area contributed by atoms with Crippen LogP contribution in [0.25, 0.3) is 28.7 Å². The second-order valence-electron chi connectivity index (χ2n) is 9.02. The van der Waals surface area contributed by atoms with Crippen molar-refractivity contribution in [1.82, 2.24) is 24.5 Å². The van der Waals surface area contributed by atoms with Gasteiger partial charge in [0.05, 0.1) is 23.0 Å². The van der Waals surface area contributed by atoms with Gasteiger partial charge in [0.1, 0.15) is 22.8 Å². The highest BCUT2D eigenvalue weighted by Crippen LogP contribution is 2.33. The minimum Gasteiger partial charge on any atom is -0.490 e. The SMILES string of the molecule is Cc1c(NC(=O)c2cccc(-c3nnc(-c4cc(Cl)ccc4OC(C)C)o3)n2)c(=O)n(-c2ccccc2)n1C. The molecule has 3 aromatic heterocycles. The van der Waals surface area contributed by atoms with E-state index in [-0.39, 0.29) is 34.8 Å². The van der Waals surface area contributed by atoms with Gasteiger partial charge in [-0.05, 0) is 63.2 Å². The Morgan fingerprint density at radius 1 is 1.03 bits per heavy atom. The van der Waals surface area contributed by atoms with Crippen molar-refractivity contribution in [2.24, 2.45) is 7.05 Å². The number of aromatic nitrogens is 5. The number of rotatable bonds is 7. The normalized spacial score (nSPS) is 11.1. The molecule has 0 saturated carbocycles. The van der Waals surface area contributed by atoms with Crippen LogP contribution in [0.2, 0.25) is 5.02 Å². The smallest absolute Gasteiger partial charge is 0.295 e. The van der Waals surface area contributed by atoms with E-state index in [1.165, 1.54) is 10.7 Å². The van der Waals surface area contributed by atoms with Gasteiger partial charge >= 0.3 is 0 Å². The van der Waals surface area contributed by atoms with E-state index in [4.69, 9.17) is 20.8 Å². The van der Waals surface area contributed by atoms with Crippen molar-refractivity contribution < 1.29 is 13.9 Å². The Balaban J connectivity index is 1.43. The molecule has 0 bridgehead atoms. The summed E-state index contributed by atoms with van der Waals surface area (Å²) in [6.45, 7) is 5.57. The first-order valence-corrected chi connectivity index (χ1v) is 12.5. The van der Waals surface area contributed by atoms with E-state index < -0.39 is 5.91 Å². The molecule has 0 aliphatic carbocycles. The Hall–Kier alpha value is -4.70. The van der Waals surface area contributed by atoms with Crippen molar-refractivity contribution in [3.8, 4) is 34.5 Å². The molecule has 0 aliphatic heterocycles. The zero-order valence-electron chi connectivity index (χ0n) is 21.7. The summed E-state index contributed by atoms with van der Waals surface area (Å²) in [5.74, 6) is 0.300. The highest BCUT2D eigenvalue weighted by molar-refractivity contribution is 6.30. The Bertz CT molecular complexity index is 1720. The first-order chi connectivity index (χ1) is 18.7. The standard InChI is InChI=1S/C28H25ClN6O4/c1-16(2)38-23-14-13-18(29)15-20(23)26-32-33-27(39-26)22-12-8-11-21(30-22)25(36)31-24-17(3)34(4)35(28(24)37)19-9-6-5-7-10-19/h5-16H,1-4H3,(H,31,36). The van der Waals surface area contributed by atoms with Gasteiger partial charge in [0, 0.05) is 12.1 Å². The summed E-state index contributed by atoms with van der Waals surface area (Å²) in [7, 11) is 1.75. The van der Waals surface area contributed by atoms with Gasteiger partial charge in [0.15, 0.2) is 0 Å². The van der Waals surface area contributed by atoms with Crippen LogP contribution in [0.3, 0.4) is 0 Å². The van der Waals surface area contributed by atoms with Crippen LogP contribution in [0.1, 0.15) is 30.0 Å². The number of para-hydroxylation sites is 1. The van der Waals surface area contributed by atoms with Crippen LogP contribution >= 0.6 is 11.6 Å². The van der Waals surface area contributed by atoms with Crippen molar-refractivity contribution in [3.63, 3.8) is 0 Å². The third-order valence-electron chi connectivity index (χ3n) is 5.95. The second kappa shape index (κ2) is 10.6. The van der Waals surface area contributed by atoms with E-state index in [1.807, 2.05) is 44.2 Å². The zero-order valence-corrected chi connectivity index (χ0v) is 22.4. The monoisotopic (exact) mass is 544 g/mol. The van der Waals surface area contributed by atoms with Crippen molar-refractivity contribution in [2.75, 3.05) is 5.32 Å². The third-order valence-corrected chi connectivity index (χ3v) is 6.19. The molecule has 1 N–H and O–H groups in total. The molecule has 1 amide bonds. The second-order valence-corrected chi connectivity index (χ2v) is 9.45. The van der Waals surface area contributed by atoms with Crippen molar-refractivity contribution in [2.45, 2.75) is 26.9 Å². The van der Waals surface area contributed by atoms with Gasteiger partial charge < -0.3 is 14.5 Å². The van der Waals surface area contributed by atoms with Crippen molar-refractivity contribution in [1.29, 1.82) is 0 Å². The van der Waals surface area contributed by atoms with Crippen molar-refractivity contribution in [3.05, 3.63) is 93.5 Å². The fourth-order valence-corrected chi connectivity index (χ4v) is 4.20. The molecule has 5 rings (SSSR count). The predicted molar refractivity (Wildman–Crippen MR) is 147 cm³/mol. The van der Waals surface area contributed by atoms with Gasteiger partial charge in [0.25, 0.3) is 23.2 Å². The summed E-state index contributed by atoms with van der Waals surface area (Å²) in [5, 5.41) is 11.4. The number of nitrogens with zero attached hydrogens (tertiary/aromatic N) is 5. The lowest BCUT2D eigenvalue weighted by Gasteiger charge is -2.12. The summed E-state index contributed by atoms with van der Waals surface area (Å²) >= 11 is 6.19. The van der Waals surface area contributed by atoms with E-state index in [1.54, 1.807) is 49.0 Å². The lowest BCUT2D eigenvalue weighted by Crippen LogP contribution is -2.23. The van der Waals surface area contributed by atoms with Gasteiger partial charge in [-0.3, -0.25) is 14.3 Å². The number of benzene rings is 2. The minimum absolute atomic E-state index is 0.0748. The first kappa shape index (κ1) is 25.9. The number of pyridine rings is 1. The molecule has 0 aliphatic rings. The third kappa shape index (κ3) is 5.19. The number of amides is 1. The van der Waals surface area contributed by atoms with Crippen LogP contribution in [0, 0.1) is 6.92 Å². The average molecular weight is 545 g/mol. The lowest BCUT2D eigenvalue weighted by molar-refractivity contribution is 0.102. The molecule has 3 heterocycles. The highest BCUT2D eigenvalue weighted by atomic mass is 35.5. The fraction of sp³-hybridized carbons (Fsp3) is 0.179. The number of hydrogen-bond acceptors (Lipinski definition) is 7. The molecule has 0 fully saturated rings. The Morgan fingerprint density at radius 2 is 1.77 bits per heavy atom.